The first-order valence-corrected chi connectivity index (χ1v) is 9.85. The lowest BCUT2D eigenvalue weighted by atomic mass is 10.1. The number of rotatable bonds is 6. The Kier molecular flexibility index (Phi) is 5.76. The molecule has 0 fully saturated rings. The summed E-state index contributed by atoms with van der Waals surface area (Å²) in [4.78, 5) is 18.4. The van der Waals surface area contributed by atoms with Gasteiger partial charge in [0.05, 0.1) is 23.1 Å². The highest BCUT2D eigenvalue weighted by molar-refractivity contribution is 5.77. The van der Waals surface area contributed by atoms with Crippen LogP contribution >= 0.6 is 0 Å². The van der Waals surface area contributed by atoms with Crippen molar-refractivity contribution in [2.24, 2.45) is 5.92 Å². The number of benzene rings is 2. The lowest BCUT2D eigenvalue weighted by Crippen LogP contribution is -2.86. The molecule has 2 N–H and O–H groups in total. The fourth-order valence-corrected chi connectivity index (χ4v) is 3.40. The standard InChI is InChI=1S/C23H29N3O/c1-6-20(24-14-15(2)3)22-25-21-10-8-7-9-19(21)23(27)26(22)18-12-11-16(4)17(5)13-18/h7-13,15,20,24H,6,14H2,1-5H3/p+1/t20-/m1/s1. The number of nitrogens with two attached hydrogens (primary N) is 1. The normalized spacial score (nSPS) is 12.7. The average molecular weight is 365 g/mol. The van der Waals surface area contributed by atoms with Crippen LogP contribution in [0.25, 0.3) is 16.6 Å². The van der Waals surface area contributed by atoms with E-state index >= 15 is 0 Å². The SMILES string of the molecule is CC[C@@H]([NH2+]CC(C)C)c1nc2ccccc2c(=O)n1-c1ccc(C)c(C)c1. The molecular weight excluding hydrogens is 334 g/mol. The van der Waals surface area contributed by atoms with Crippen molar-refractivity contribution in [2.45, 2.75) is 47.1 Å². The van der Waals surface area contributed by atoms with E-state index in [0.717, 1.165) is 30.0 Å². The Hall–Kier alpha value is -2.46. The van der Waals surface area contributed by atoms with E-state index in [1.54, 1.807) is 0 Å². The summed E-state index contributed by atoms with van der Waals surface area (Å²) < 4.78 is 1.82. The number of quaternary nitrogens is 1. The summed E-state index contributed by atoms with van der Waals surface area (Å²) in [5.41, 5.74) is 4.08. The second kappa shape index (κ2) is 8.05. The van der Waals surface area contributed by atoms with Crippen LogP contribution in [-0.2, 0) is 0 Å². The molecule has 3 rings (SSSR count). The summed E-state index contributed by atoms with van der Waals surface area (Å²) in [6.45, 7) is 11.8. The fourth-order valence-electron chi connectivity index (χ4n) is 3.40. The largest absolute Gasteiger partial charge is 0.337 e. The van der Waals surface area contributed by atoms with Gasteiger partial charge < -0.3 is 5.32 Å². The van der Waals surface area contributed by atoms with Crippen LogP contribution in [-0.4, -0.2) is 16.1 Å². The summed E-state index contributed by atoms with van der Waals surface area (Å²) >= 11 is 0. The van der Waals surface area contributed by atoms with E-state index < -0.39 is 0 Å². The summed E-state index contributed by atoms with van der Waals surface area (Å²) in [7, 11) is 0. The van der Waals surface area contributed by atoms with Crippen LogP contribution in [0.1, 0.15) is 50.2 Å². The van der Waals surface area contributed by atoms with Gasteiger partial charge in [-0.25, -0.2) is 4.98 Å². The molecule has 0 bridgehead atoms. The molecular formula is C23H30N3O+. The van der Waals surface area contributed by atoms with Gasteiger partial charge in [-0.15, -0.1) is 0 Å². The number of nitrogens with zero attached hydrogens (tertiary/aromatic N) is 2. The van der Waals surface area contributed by atoms with Crippen LogP contribution in [0, 0.1) is 19.8 Å². The van der Waals surface area contributed by atoms with Gasteiger partial charge in [0, 0.05) is 12.3 Å². The lowest BCUT2D eigenvalue weighted by molar-refractivity contribution is -0.701. The van der Waals surface area contributed by atoms with Crippen LogP contribution in [0.2, 0.25) is 0 Å². The van der Waals surface area contributed by atoms with E-state index in [0.29, 0.717) is 11.3 Å². The van der Waals surface area contributed by atoms with Crippen molar-refractivity contribution in [2.75, 3.05) is 6.54 Å². The molecule has 3 aromatic rings. The summed E-state index contributed by atoms with van der Waals surface area (Å²) in [5.74, 6) is 1.42. The quantitative estimate of drug-likeness (QED) is 0.725. The Morgan fingerprint density at radius 2 is 1.81 bits per heavy atom. The molecule has 142 valence electrons. The van der Waals surface area contributed by atoms with Gasteiger partial charge in [0.1, 0.15) is 6.04 Å². The molecule has 0 aliphatic carbocycles. The van der Waals surface area contributed by atoms with Gasteiger partial charge in [0.15, 0.2) is 5.82 Å². The molecule has 0 saturated carbocycles. The van der Waals surface area contributed by atoms with E-state index in [1.165, 1.54) is 11.1 Å². The number of fused-ring (bicyclic) bond motifs is 1. The number of aromatic nitrogens is 2. The first kappa shape index (κ1) is 19.3. The van der Waals surface area contributed by atoms with Gasteiger partial charge in [0.25, 0.3) is 5.56 Å². The first-order valence-electron chi connectivity index (χ1n) is 9.85. The van der Waals surface area contributed by atoms with E-state index in [1.807, 2.05) is 34.9 Å². The van der Waals surface area contributed by atoms with Gasteiger partial charge in [-0.05, 0) is 49.2 Å². The Bertz CT molecular complexity index is 1000. The van der Waals surface area contributed by atoms with Crippen molar-refractivity contribution in [3.05, 3.63) is 69.8 Å². The van der Waals surface area contributed by atoms with Crippen LogP contribution < -0.4 is 10.9 Å². The Balaban J connectivity index is 2.26. The molecule has 1 atom stereocenters. The van der Waals surface area contributed by atoms with Crippen molar-refractivity contribution >= 4 is 10.9 Å². The minimum Gasteiger partial charge on any atom is -0.337 e. The molecule has 4 heteroatoms. The first-order chi connectivity index (χ1) is 12.9. The molecule has 4 nitrogen and oxygen atoms in total. The van der Waals surface area contributed by atoms with Crippen molar-refractivity contribution in [1.82, 2.24) is 9.55 Å². The summed E-state index contributed by atoms with van der Waals surface area (Å²) in [6.07, 6.45) is 0.919. The predicted molar refractivity (Wildman–Crippen MR) is 111 cm³/mol. The Morgan fingerprint density at radius 1 is 1.07 bits per heavy atom. The molecule has 0 saturated heterocycles. The molecule has 0 radical (unpaired) electrons. The highest BCUT2D eigenvalue weighted by Crippen LogP contribution is 2.20. The predicted octanol–water partition coefficient (Wildman–Crippen LogP) is 3.67. The third-order valence-corrected chi connectivity index (χ3v) is 5.21. The Labute approximate surface area is 161 Å². The maximum atomic E-state index is 13.4. The number of hydrogen-bond acceptors (Lipinski definition) is 2. The zero-order valence-corrected chi connectivity index (χ0v) is 17.0. The number of aryl methyl sites for hydroxylation is 2. The Morgan fingerprint density at radius 3 is 2.48 bits per heavy atom. The average Bonchev–Trinajstić information content (AvgIpc) is 2.65. The highest BCUT2D eigenvalue weighted by Gasteiger charge is 2.22. The zero-order chi connectivity index (χ0) is 19.6. The minimum absolute atomic E-state index is 0.00949. The van der Waals surface area contributed by atoms with Gasteiger partial charge in [0.2, 0.25) is 0 Å². The van der Waals surface area contributed by atoms with Crippen molar-refractivity contribution < 1.29 is 5.32 Å². The molecule has 0 amide bonds. The van der Waals surface area contributed by atoms with Crippen molar-refractivity contribution in [3.8, 4) is 5.69 Å². The summed E-state index contributed by atoms with van der Waals surface area (Å²) in [5, 5.41) is 2.98. The van der Waals surface area contributed by atoms with Gasteiger partial charge in [-0.1, -0.05) is 39.0 Å². The topological polar surface area (TPSA) is 51.5 Å². The number of hydrogen-bond donors (Lipinski definition) is 1. The van der Waals surface area contributed by atoms with Gasteiger partial charge in [-0.2, -0.15) is 0 Å². The van der Waals surface area contributed by atoms with Crippen LogP contribution in [0.15, 0.2) is 47.3 Å². The maximum Gasteiger partial charge on any atom is 0.266 e. The molecule has 0 aliphatic rings. The van der Waals surface area contributed by atoms with E-state index in [4.69, 9.17) is 4.98 Å². The second-order valence-corrected chi connectivity index (χ2v) is 7.78. The smallest absolute Gasteiger partial charge is 0.266 e. The molecule has 27 heavy (non-hydrogen) atoms. The second-order valence-electron chi connectivity index (χ2n) is 7.78. The monoisotopic (exact) mass is 364 g/mol. The zero-order valence-electron chi connectivity index (χ0n) is 17.0. The molecule has 2 aromatic carbocycles. The maximum absolute atomic E-state index is 13.4. The molecule has 0 spiro atoms. The van der Waals surface area contributed by atoms with Crippen LogP contribution in [0.5, 0.6) is 0 Å². The molecule has 1 heterocycles. The van der Waals surface area contributed by atoms with E-state index in [2.05, 4.69) is 52.1 Å². The van der Waals surface area contributed by atoms with Crippen LogP contribution in [0.3, 0.4) is 0 Å². The van der Waals surface area contributed by atoms with Crippen LogP contribution in [0.4, 0.5) is 0 Å². The van der Waals surface area contributed by atoms with Crippen molar-refractivity contribution in [3.63, 3.8) is 0 Å². The van der Waals surface area contributed by atoms with E-state index in [9.17, 15) is 4.79 Å². The minimum atomic E-state index is 0.00949. The molecule has 0 aliphatic heterocycles. The third kappa shape index (κ3) is 3.96. The van der Waals surface area contributed by atoms with E-state index in [-0.39, 0.29) is 11.6 Å². The summed E-state index contributed by atoms with van der Waals surface area (Å²) in [6, 6.07) is 14.0. The van der Waals surface area contributed by atoms with Crippen molar-refractivity contribution in [1.29, 1.82) is 0 Å². The number of para-hydroxylation sites is 1. The molecule has 0 unspecified atom stereocenters. The van der Waals surface area contributed by atoms with Gasteiger partial charge in [-0.3, -0.25) is 9.36 Å². The lowest BCUT2D eigenvalue weighted by Gasteiger charge is -2.20. The fraction of sp³-hybridized carbons (Fsp3) is 0.391. The molecule has 1 aromatic heterocycles. The highest BCUT2D eigenvalue weighted by atomic mass is 16.1. The van der Waals surface area contributed by atoms with Gasteiger partial charge >= 0.3 is 0 Å². The third-order valence-electron chi connectivity index (χ3n) is 5.21.